The van der Waals surface area contributed by atoms with E-state index in [0.717, 1.165) is 24.6 Å². The largest absolute Gasteiger partial charge is 0.416 e. The third-order valence-corrected chi connectivity index (χ3v) is 6.16. The van der Waals surface area contributed by atoms with Crippen LogP contribution in [0.1, 0.15) is 38.7 Å². The van der Waals surface area contributed by atoms with Crippen molar-refractivity contribution in [2.75, 3.05) is 5.32 Å². The molecule has 0 saturated heterocycles. The zero-order valence-corrected chi connectivity index (χ0v) is 14.0. The monoisotopic (exact) mass is 359 g/mol. The van der Waals surface area contributed by atoms with Crippen molar-refractivity contribution in [2.45, 2.75) is 39.3 Å². The fraction of sp³-hybridized carbons (Fsp3) is 0.529. The Morgan fingerprint density at radius 2 is 2.00 bits per heavy atom. The molecular weight excluding hydrogens is 343 g/mol. The zero-order valence-electron chi connectivity index (χ0n) is 13.3. The van der Waals surface area contributed by atoms with Crippen LogP contribution >= 0.6 is 11.6 Å². The average Bonchev–Trinajstić information content (AvgIpc) is 2.83. The molecule has 2 fully saturated rings. The summed E-state index contributed by atoms with van der Waals surface area (Å²) in [5.74, 6) is -0.559. The third-order valence-electron chi connectivity index (χ3n) is 5.83. The molecule has 2 atom stereocenters. The van der Waals surface area contributed by atoms with Gasteiger partial charge in [-0.3, -0.25) is 9.59 Å². The molecule has 1 aromatic rings. The second kappa shape index (κ2) is 5.22. The van der Waals surface area contributed by atoms with Gasteiger partial charge in [0.1, 0.15) is 11.2 Å². The number of benzene rings is 1. The van der Waals surface area contributed by atoms with Crippen molar-refractivity contribution < 1.29 is 22.8 Å². The molecule has 0 radical (unpaired) electrons. The summed E-state index contributed by atoms with van der Waals surface area (Å²) in [6, 6.07) is 2.75. The third kappa shape index (κ3) is 2.26. The van der Waals surface area contributed by atoms with Gasteiger partial charge in [0.05, 0.1) is 16.3 Å². The van der Waals surface area contributed by atoms with E-state index in [1.54, 1.807) is 0 Å². The smallest absolute Gasteiger partial charge is 0.324 e. The number of ketones is 1. The van der Waals surface area contributed by atoms with Crippen LogP contribution in [0.4, 0.5) is 18.9 Å². The van der Waals surface area contributed by atoms with Crippen LogP contribution in [0.15, 0.2) is 18.2 Å². The molecule has 1 aromatic carbocycles. The highest BCUT2D eigenvalue weighted by atomic mass is 35.5. The number of hydrogen-bond acceptors (Lipinski definition) is 2. The van der Waals surface area contributed by atoms with E-state index >= 15 is 0 Å². The first-order valence-corrected chi connectivity index (χ1v) is 8.09. The normalized spacial score (nSPS) is 28.2. The summed E-state index contributed by atoms with van der Waals surface area (Å²) in [5.41, 5.74) is -2.72. The van der Waals surface area contributed by atoms with Gasteiger partial charge in [-0.15, -0.1) is 0 Å². The van der Waals surface area contributed by atoms with Gasteiger partial charge < -0.3 is 5.32 Å². The number of carbonyl (C=O) groups is 2. The molecule has 2 saturated carbocycles. The Morgan fingerprint density at radius 1 is 1.33 bits per heavy atom. The molecular formula is C17H17ClF3NO2. The van der Waals surface area contributed by atoms with Crippen molar-refractivity contribution >= 4 is 29.0 Å². The number of rotatable bonds is 2. The Morgan fingerprint density at radius 3 is 2.50 bits per heavy atom. The Bertz CT molecular complexity index is 729. The van der Waals surface area contributed by atoms with Crippen molar-refractivity contribution in [2.24, 2.45) is 16.7 Å². The molecule has 2 aliphatic rings. The van der Waals surface area contributed by atoms with E-state index in [4.69, 9.17) is 11.6 Å². The lowest BCUT2D eigenvalue weighted by Crippen LogP contribution is -2.46. The van der Waals surface area contributed by atoms with E-state index in [1.807, 2.05) is 13.8 Å². The summed E-state index contributed by atoms with van der Waals surface area (Å²) < 4.78 is 38.6. The summed E-state index contributed by atoms with van der Waals surface area (Å²) in [5, 5.41) is 2.48. The van der Waals surface area contributed by atoms with Gasteiger partial charge in [-0.1, -0.05) is 25.4 Å². The first-order chi connectivity index (χ1) is 11.0. The zero-order chi connectivity index (χ0) is 17.9. The molecule has 2 bridgehead atoms. The number of nitrogens with one attached hydrogen (secondary N) is 1. The molecule has 1 amide bonds. The van der Waals surface area contributed by atoms with E-state index in [1.165, 1.54) is 0 Å². The van der Waals surface area contributed by atoms with Crippen molar-refractivity contribution in [1.29, 1.82) is 0 Å². The number of alkyl halides is 3. The fourth-order valence-electron chi connectivity index (χ4n) is 4.24. The number of anilines is 1. The van der Waals surface area contributed by atoms with Gasteiger partial charge in [0, 0.05) is 6.42 Å². The van der Waals surface area contributed by atoms with Crippen molar-refractivity contribution in [3.63, 3.8) is 0 Å². The molecule has 7 heteroatoms. The van der Waals surface area contributed by atoms with Crippen LogP contribution in [-0.4, -0.2) is 11.7 Å². The summed E-state index contributed by atoms with van der Waals surface area (Å²) in [6.45, 7) is 3.76. The summed E-state index contributed by atoms with van der Waals surface area (Å²) >= 11 is 5.94. The standard InChI is InChI=1S/C17H17ClF3NO2/c1-15(2)9-5-6-16(15,13(23)8-9)14(24)22-12-7-10(17(19,20)21)3-4-11(12)18/h3-4,7,9H,5-6,8H2,1-2H3,(H,22,24)/t9-,16-/m0/s1. The number of halogens is 4. The fourth-order valence-corrected chi connectivity index (χ4v) is 4.40. The van der Waals surface area contributed by atoms with Gasteiger partial charge in [0.25, 0.3) is 0 Å². The van der Waals surface area contributed by atoms with Crippen molar-refractivity contribution in [3.8, 4) is 0 Å². The maximum atomic E-state index is 12.9. The van der Waals surface area contributed by atoms with Crippen LogP contribution in [0, 0.1) is 16.7 Å². The molecule has 0 aliphatic heterocycles. The molecule has 0 unspecified atom stereocenters. The Labute approximate surface area is 142 Å². The van der Waals surface area contributed by atoms with Crippen LogP contribution < -0.4 is 5.32 Å². The molecule has 130 valence electrons. The lowest BCUT2D eigenvalue weighted by Gasteiger charge is -2.35. The predicted molar refractivity (Wildman–Crippen MR) is 83.6 cm³/mol. The predicted octanol–water partition coefficient (Wildman–Crippen LogP) is 4.69. The average molecular weight is 360 g/mol. The second-order valence-corrected chi connectivity index (χ2v) is 7.54. The quantitative estimate of drug-likeness (QED) is 0.778. The van der Waals surface area contributed by atoms with Crippen LogP contribution in [-0.2, 0) is 15.8 Å². The first kappa shape index (κ1) is 17.3. The molecule has 2 aliphatic carbocycles. The lowest BCUT2D eigenvalue weighted by atomic mass is 9.68. The summed E-state index contributed by atoms with van der Waals surface area (Å²) in [6.07, 6.45) is -3.01. The van der Waals surface area contributed by atoms with Crippen molar-refractivity contribution in [3.05, 3.63) is 28.8 Å². The van der Waals surface area contributed by atoms with Crippen LogP contribution in [0.3, 0.4) is 0 Å². The Balaban J connectivity index is 1.95. The highest BCUT2D eigenvalue weighted by Crippen LogP contribution is 2.64. The molecule has 1 N–H and O–H groups in total. The van der Waals surface area contributed by atoms with Crippen LogP contribution in [0.5, 0.6) is 0 Å². The second-order valence-electron chi connectivity index (χ2n) is 7.14. The number of amides is 1. The molecule has 3 rings (SSSR count). The van der Waals surface area contributed by atoms with E-state index in [9.17, 15) is 22.8 Å². The Kier molecular flexibility index (Phi) is 3.75. The first-order valence-electron chi connectivity index (χ1n) is 7.71. The highest BCUT2D eigenvalue weighted by Gasteiger charge is 2.68. The minimum absolute atomic E-state index is 0.00514. The minimum Gasteiger partial charge on any atom is -0.324 e. The van der Waals surface area contributed by atoms with Crippen LogP contribution in [0.2, 0.25) is 5.02 Å². The highest BCUT2D eigenvalue weighted by molar-refractivity contribution is 6.34. The van der Waals surface area contributed by atoms with Gasteiger partial charge >= 0.3 is 6.18 Å². The Hall–Kier alpha value is -1.56. The molecule has 24 heavy (non-hydrogen) atoms. The minimum atomic E-state index is -4.54. The summed E-state index contributed by atoms with van der Waals surface area (Å²) in [7, 11) is 0. The van der Waals surface area contributed by atoms with E-state index in [-0.39, 0.29) is 22.4 Å². The molecule has 0 heterocycles. The van der Waals surface area contributed by atoms with Gasteiger partial charge in [-0.2, -0.15) is 13.2 Å². The maximum Gasteiger partial charge on any atom is 0.416 e. The molecule has 0 spiro atoms. The summed E-state index contributed by atoms with van der Waals surface area (Å²) in [4.78, 5) is 25.3. The SMILES string of the molecule is CC1(C)[C@H]2CC[C@@]1(C(=O)Nc1cc(C(F)(F)F)ccc1Cl)C(=O)C2. The van der Waals surface area contributed by atoms with Gasteiger partial charge in [0.2, 0.25) is 5.91 Å². The van der Waals surface area contributed by atoms with Gasteiger partial charge in [0.15, 0.2) is 0 Å². The number of carbonyl (C=O) groups excluding carboxylic acids is 2. The topological polar surface area (TPSA) is 46.2 Å². The lowest BCUT2D eigenvalue weighted by molar-refractivity contribution is -0.141. The van der Waals surface area contributed by atoms with Crippen LogP contribution in [0.25, 0.3) is 0 Å². The van der Waals surface area contributed by atoms with E-state index in [0.29, 0.717) is 12.8 Å². The number of Topliss-reactive ketones (excluding diaryl/α,β-unsaturated/α-hetero) is 1. The van der Waals surface area contributed by atoms with E-state index < -0.39 is 28.5 Å². The number of hydrogen-bond donors (Lipinski definition) is 1. The van der Waals surface area contributed by atoms with Crippen molar-refractivity contribution in [1.82, 2.24) is 0 Å². The molecule has 0 aromatic heterocycles. The maximum absolute atomic E-state index is 12.9. The van der Waals surface area contributed by atoms with Gasteiger partial charge in [-0.25, -0.2) is 0 Å². The molecule has 3 nitrogen and oxygen atoms in total. The van der Waals surface area contributed by atoms with Gasteiger partial charge in [-0.05, 0) is 42.4 Å². The number of fused-ring (bicyclic) bond motifs is 2. The van der Waals surface area contributed by atoms with E-state index in [2.05, 4.69) is 5.32 Å².